The third-order valence-electron chi connectivity index (χ3n) is 15.7. The second kappa shape index (κ2) is 23.6. The molecule has 4 atom stereocenters. The number of piperazine rings is 1. The van der Waals surface area contributed by atoms with Gasteiger partial charge in [-0.2, -0.15) is 5.10 Å². The Bertz CT molecular complexity index is 2770. The van der Waals surface area contributed by atoms with Gasteiger partial charge in [0.05, 0.1) is 34.8 Å². The zero-order valence-electron chi connectivity index (χ0n) is 43.9. The predicted octanol–water partition coefficient (Wildman–Crippen LogP) is 5.07. The molecule has 5 aromatic rings. The van der Waals surface area contributed by atoms with Crippen LogP contribution in [0.25, 0.3) is 11.3 Å². The predicted molar refractivity (Wildman–Crippen MR) is 290 cm³/mol. The van der Waals surface area contributed by atoms with Crippen LogP contribution in [-0.2, 0) is 20.9 Å². The molecule has 4 fully saturated rings. The fraction of sp³-hybridized carbons (Fsp3) is 0.566. The first-order valence-electron chi connectivity index (χ1n) is 26.6. The Hall–Kier alpha value is -5.87. The Kier molecular flexibility index (Phi) is 17.0. The molecule has 3 amide bonds. The van der Waals surface area contributed by atoms with Crippen LogP contribution in [0.1, 0.15) is 89.6 Å². The monoisotopic (exact) mass is 1060 g/mol. The SMILES string of the molecule is CCn1nccc1-c1ccc([C@H](CCN2CCN(C(=O)C3CCN(c4nccc(Sc5ncc(N6CCC(C)(CN)CC6)nc5N)c4Cl)CC3)CC2)NC(=O)[C@@H]2C[C@@H](O)CN2C(=O)[C@H](C(C)C)n2cc(C)nn2)cc1. The number of aliphatic hydroxyl groups is 1. The van der Waals surface area contributed by atoms with Gasteiger partial charge in [-0.15, -0.1) is 5.10 Å². The normalized spacial score (nSPS) is 20.4. The molecule has 402 valence electrons. The van der Waals surface area contributed by atoms with Crippen molar-refractivity contribution in [2.75, 3.05) is 87.5 Å². The van der Waals surface area contributed by atoms with E-state index in [2.05, 4.69) is 66.4 Å². The van der Waals surface area contributed by atoms with Gasteiger partial charge in [-0.1, -0.05) is 73.6 Å². The highest BCUT2D eigenvalue weighted by atomic mass is 35.5. The van der Waals surface area contributed by atoms with Crippen molar-refractivity contribution in [1.82, 2.24) is 59.7 Å². The van der Waals surface area contributed by atoms with Gasteiger partial charge in [-0.05, 0) is 87.1 Å². The zero-order valence-corrected chi connectivity index (χ0v) is 45.5. The van der Waals surface area contributed by atoms with E-state index in [1.54, 1.807) is 29.5 Å². The molecule has 0 unspecified atom stereocenters. The van der Waals surface area contributed by atoms with Crippen molar-refractivity contribution < 1.29 is 19.5 Å². The molecule has 6 N–H and O–H groups in total. The molecule has 4 aliphatic heterocycles. The number of rotatable bonds is 17. The number of aliphatic hydroxyl groups excluding tert-OH is 1. The van der Waals surface area contributed by atoms with Crippen molar-refractivity contribution >= 4 is 58.5 Å². The smallest absolute Gasteiger partial charge is 0.248 e. The summed E-state index contributed by atoms with van der Waals surface area (Å²) in [6, 6.07) is 10.1. The van der Waals surface area contributed by atoms with Crippen LogP contribution in [0.5, 0.6) is 0 Å². The number of hydrogen-bond acceptors (Lipinski definition) is 16. The van der Waals surface area contributed by atoms with Gasteiger partial charge in [0, 0.05) is 108 Å². The first-order valence-corrected chi connectivity index (χ1v) is 27.8. The van der Waals surface area contributed by atoms with Gasteiger partial charge in [-0.25, -0.2) is 19.6 Å². The van der Waals surface area contributed by atoms with Crippen LogP contribution >= 0.6 is 23.4 Å². The number of halogens is 1. The number of nitrogens with zero attached hydrogens (tertiary/aromatic N) is 13. The lowest BCUT2D eigenvalue weighted by Gasteiger charge is -2.39. The fourth-order valence-corrected chi connectivity index (χ4v) is 12.1. The maximum absolute atomic E-state index is 14.4. The number of hydrogen-bond donors (Lipinski definition) is 4. The highest BCUT2D eigenvalue weighted by Gasteiger charge is 2.43. The lowest BCUT2D eigenvalue weighted by molar-refractivity contribution is -0.142. The topological polar surface area (TPSA) is 239 Å². The number of amides is 3. The first-order chi connectivity index (χ1) is 36.1. The van der Waals surface area contributed by atoms with Gasteiger partial charge < -0.3 is 41.5 Å². The number of aromatic nitrogens is 8. The second-order valence-electron chi connectivity index (χ2n) is 21.3. The molecule has 9 rings (SSSR count). The van der Waals surface area contributed by atoms with E-state index in [1.165, 1.54) is 16.7 Å². The number of aryl methyl sites for hydroxylation is 2. The largest absolute Gasteiger partial charge is 0.391 e. The molecular weight excluding hydrogens is 992 g/mol. The summed E-state index contributed by atoms with van der Waals surface area (Å²) in [6.07, 6.45) is 10.3. The Labute approximate surface area is 448 Å². The molecule has 4 aromatic heterocycles. The third kappa shape index (κ3) is 12.2. The van der Waals surface area contributed by atoms with Crippen LogP contribution in [0.3, 0.4) is 0 Å². The van der Waals surface area contributed by atoms with E-state index in [-0.39, 0.29) is 54.0 Å². The van der Waals surface area contributed by atoms with E-state index >= 15 is 0 Å². The van der Waals surface area contributed by atoms with Gasteiger partial charge in [0.1, 0.15) is 28.7 Å². The maximum atomic E-state index is 14.4. The molecule has 20 nitrogen and oxygen atoms in total. The molecule has 8 heterocycles. The summed E-state index contributed by atoms with van der Waals surface area (Å²) in [6.45, 7) is 17.8. The summed E-state index contributed by atoms with van der Waals surface area (Å²) >= 11 is 8.41. The molecule has 4 aliphatic rings. The minimum Gasteiger partial charge on any atom is -0.391 e. The van der Waals surface area contributed by atoms with Gasteiger partial charge in [-0.3, -0.25) is 24.0 Å². The number of β-amino-alcohol motifs (C(OH)–C–C–N with tert-alkyl or cyclic N) is 1. The molecular formula is C53H73ClN16O4S. The molecule has 75 heavy (non-hydrogen) atoms. The summed E-state index contributed by atoms with van der Waals surface area (Å²) in [5.41, 5.74) is 16.3. The number of likely N-dealkylation sites (tertiary alicyclic amines) is 1. The highest BCUT2D eigenvalue weighted by molar-refractivity contribution is 7.99. The molecule has 0 bridgehead atoms. The number of anilines is 3. The Morgan fingerprint density at radius 1 is 0.960 bits per heavy atom. The van der Waals surface area contributed by atoms with Crippen molar-refractivity contribution in [3.05, 3.63) is 77.5 Å². The molecule has 22 heteroatoms. The summed E-state index contributed by atoms with van der Waals surface area (Å²) in [7, 11) is 0. The number of benzene rings is 1. The molecule has 1 aromatic carbocycles. The van der Waals surface area contributed by atoms with Crippen molar-refractivity contribution in [2.45, 2.75) is 114 Å². The Balaban J connectivity index is 0.795. The van der Waals surface area contributed by atoms with E-state index in [0.717, 1.165) is 60.0 Å². The van der Waals surface area contributed by atoms with Crippen LogP contribution in [0, 0.1) is 24.2 Å². The third-order valence-corrected chi connectivity index (χ3v) is 17.3. The van der Waals surface area contributed by atoms with E-state index in [9.17, 15) is 19.5 Å². The van der Waals surface area contributed by atoms with E-state index in [0.29, 0.717) is 99.0 Å². The first kappa shape index (κ1) is 53.9. The van der Waals surface area contributed by atoms with Crippen molar-refractivity contribution in [3.8, 4) is 11.3 Å². The molecule has 4 saturated heterocycles. The van der Waals surface area contributed by atoms with Crippen molar-refractivity contribution in [1.29, 1.82) is 0 Å². The van der Waals surface area contributed by atoms with Gasteiger partial charge in [0.15, 0.2) is 5.82 Å². The molecule has 0 radical (unpaired) electrons. The lowest BCUT2D eigenvalue weighted by Crippen LogP contribution is -2.52. The van der Waals surface area contributed by atoms with Crippen LogP contribution in [0.15, 0.2) is 71.1 Å². The van der Waals surface area contributed by atoms with Gasteiger partial charge in [0.25, 0.3) is 0 Å². The molecule has 0 saturated carbocycles. The van der Waals surface area contributed by atoms with Gasteiger partial charge >= 0.3 is 0 Å². The number of carbonyl (C=O) groups excluding carboxylic acids is 3. The van der Waals surface area contributed by atoms with Crippen LogP contribution in [-0.4, -0.2) is 161 Å². The quantitative estimate of drug-likeness (QED) is 0.0951. The van der Waals surface area contributed by atoms with E-state index in [1.807, 2.05) is 54.6 Å². The molecule has 0 aliphatic carbocycles. The number of pyridine rings is 1. The highest BCUT2D eigenvalue weighted by Crippen LogP contribution is 2.40. The summed E-state index contributed by atoms with van der Waals surface area (Å²) in [5, 5.41) is 28.1. The molecule has 0 spiro atoms. The standard InChI is InChI=1S/C53H73ClN16O4S/c1-6-69-41(11-19-59-69)37-9-7-36(8-10-37)40(60-49(72)42-29-39(71)32-68(42)52(74)46(34(2)3)70-31-35(4)62-63-70)15-20-64-25-27-67(28-26-64)51(73)38-13-21-66(22-14-38)48-45(54)43(12-18-57-48)75-50-47(56)61-44(30-58-50)65-23-16-53(5,33-55)17-24-65/h7-12,18-19,30-31,34,38-40,42,46,71H,6,13-17,20-29,32-33,55H2,1-5H3,(H2,56,61)(H,60,72)/t39-,40+,42+,46+/m1/s1. The summed E-state index contributed by atoms with van der Waals surface area (Å²) < 4.78 is 3.51. The second-order valence-corrected chi connectivity index (χ2v) is 22.7. The van der Waals surface area contributed by atoms with Crippen molar-refractivity contribution in [2.24, 2.45) is 23.0 Å². The summed E-state index contributed by atoms with van der Waals surface area (Å²) in [4.78, 5) is 67.8. The number of carbonyl (C=O) groups is 3. The van der Waals surface area contributed by atoms with Crippen LogP contribution < -0.4 is 26.6 Å². The number of nitrogens with one attached hydrogen (secondary N) is 1. The fourth-order valence-electron chi connectivity index (χ4n) is 11.0. The number of nitrogen functional groups attached to an aromatic ring is 1. The maximum Gasteiger partial charge on any atom is 0.248 e. The van der Waals surface area contributed by atoms with E-state index < -0.39 is 18.2 Å². The van der Waals surface area contributed by atoms with Gasteiger partial charge in [0.2, 0.25) is 17.7 Å². The lowest BCUT2D eigenvalue weighted by atomic mass is 9.80. The van der Waals surface area contributed by atoms with Crippen molar-refractivity contribution in [3.63, 3.8) is 0 Å². The number of nitrogens with two attached hydrogens (primary N) is 2. The number of piperidine rings is 2. The Morgan fingerprint density at radius 2 is 1.69 bits per heavy atom. The minimum absolute atomic E-state index is 0.0533. The van der Waals surface area contributed by atoms with E-state index in [4.69, 9.17) is 33.0 Å². The van der Waals surface area contributed by atoms with Crippen LogP contribution in [0.4, 0.5) is 17.5 Å². The summed E-state index contributed by atoms with van der Waals surface area (Å²) in [5.74, 6) is 1.15. The average Bonchev–Trinajstić information content (AvgIpc) is 4.19. The zero-order chi connectivity index (χ0) is 53.0. The van der Waals surface area contributed by atoms with Crippen LogP contribution in [0.2, 0.25) is 5.02 Å². The minimum atomic E-state index is -0.860. The Morgan fingerprint density at radius 3 is 2.35 bits per heavy atom. The average molecular weight is 1070 g/mol.